The van der Waals surface area contributed by atoms with E-state index < -0.39 is 0 Å². The zero-order valence-electron chi connectivity index (χ0n) is 12.2. The Hall–Kier alpha value is -1.61. The average Bonchev–Trinajstić information content (AvgIpc) is 2.77. The Labute approximate surface area is 114 Å². The molecule has 1 aromatic carbocycles. The Kier molecular flexibility index (Phi) is 3.76. The predicted molar refractivity (Wildman–Crippen MR) is 78.1 cm³/mol. The number of aryl methyl sites for hydroxylation is 1. The molecular weight excluding hydrogens is 236 g/mol. The molecule has 1 heterocycles. The van der Waals surface area contributed by atoms with Crippen molar-refractivity contribution in [1.29, 1.82) is 0 Å². The van der Waals surface area contributed by atoms with Crippen LogP contribution in [0.15, 0.2) is 28.9 Å². The number of nitrogens with zero attached hydrogens (tertiary/aromatic N) is 1. The topological polar surface area (TPSA) is 52.0 Å². The van der Waals surface area contributed by atoms with Gasteiger partial charge in [-0.25, -0.2) is 4.98 Å². The summed E-state index contributed by atoms with van der Waals surface area (Å²) in [7, 11) is 0. The lowest BCUT2D eigenvalue weighted by Gasteiger charge is -2.20. The van der Waals surface area contributed by atoms with E-state index in [2.05, 4.69) is 50.9 Å². The zero-order chi connectivity index (χ0) is 14.0. The quantitative estimate of drug-likeness (QED) is 0.917. The van der Waals surface area contributed by atoms with E-state index in [0.717, 1.165) is 17.7 Å². The van der Waals surface area contributed by atoms with Crippen LogP contribution in [0.2, 0.25) is 0 Å². The van der Waals surface area contributed by atoms with Gasteiger partial charge in [-0.05, 0) is 36.1 Å². The second-order valence-corrected chi connectivity index (χ2v) is 5.96. The molecule has 102 valence electrons. The molecule has 0 unspecified atom stereocenters. The summed E-state index contributed by atoms with van der Waals surface area (Å²) in [5, 5.41) is 0. The molecule has 2 aromatic rings. The van der Waals surface area contributed by atoms with E-state index in [1.54, 1.807) is 6.26 Å². The molecule has 1 aromatic heterocycles. The van der Waals surface area contributed by atoms with Crippen molar-refractivity contribution >= 4 is 0 Å². The van der Waals surface area contributed by atoms with Crippen molar-refractivity contribution in [1.82, 2.24) is 4.98 Å². The largest absolute Gasteiger partial charge is 0.444 e. The van der Waals surface area contributed by atoms with Gasteiger partial charge in [-0.2, -0.15) is 0 Å². The van der Waals surface area contributed by atoms with E-state index in [1.165, 1.54) is 11.1 Å². The van der Waals surface area contributed by atoms with Gasteiger partial charge in [0.15, 0.2) is 0 Å². The van der Waals surface area contributed by atoms with Gasteiger partial charge in [0, 0.05) is 12.0 Å². The second kappa shape index (κ2) is 5.17. The first-order valence-electron chi connectivity index (χ1n) is 6.68. The van der Waals surface area contributed by atoms with E-state index in [-0.39, 0.29) is 5.41 Å². The fourth-order valence-electron chi connectivity index (χ4n) is 2.01. The molecule has 3 heteroatoms. The highest BCUT2D eigenvalue weighted by Gasteiger charge is 2.17. The third kappa shape index (κ3) is 3.04. The summed E-state index contributed by atoms with van der Waals surface area (Å²) in [6.07, 6.45) is 2.45. The van der Waals surface area contributed by atoms with Crippen LogP contribution in [0, 0.1) is 6.92 Å². The highest BCUT2D eigenvalue weighted by atomic mass is 16.3. The van der Waals surface area contributed by atoms with Crippen molar-refractivity contribution in [3.05, 3.63) is 41.3 Å². The number of nitrogens with two attached hydrogens (primary N) is 1. The molecule has 0 bridgehead atoms. The monoisotopic (exact) mass is 258 g/mol. The maximum Gasteiger partial charge on any atom is 0.226 e. The maximum absolute atomic E-state index is 5.59. The fourth-order valence-corrected chi connectivity index (χ4v) is 2.01. The lowest BCUT2D eigenvalue weighted by atomic mass is 9.85. The first-order chi connectivity index (χ1) is 8.91. The van der Waals surface area contributed by atoms with E-state index in [1.807, 2.05) is 0 Å². The van der Waals surface area contributed by atoms with Crippen molar-refractivity contribution < 1.29 is 4.42 Å². The molecule has 0 radical (unpaired) electrons. The molecular formula is C16H22N2O. The molecule has 0 aliphatic heterocycles. The van der Waals surface area contributed by atoms with Crippen molar-refractivity contribution in [3.63, 3.8) is 0 Å². The summed E-state index contributed by atoms with van der Waals surface area (Å²) in [5.74, 6) is 0.687. The van der Waals surface area contributed by atoms with Crippen LogP contribution in [0.5, 0.6) is 0 Å². The average molecular weight is 258 g/mol. The van der Waals surface area contributed by atoms with Gasteiger partial charge in [0.05, 0.1) is 5.69 Å². The maximum atomic E-state index is 5.59. The minimum absolute atomic E-state index is 0.120. The standard InChI is InChI=1S/C16H22N2O/c1-11-5-6-12(16(2,3)4)9-14(11)15-18-13(7-8-17)10-19-15/h5-6,9-10H,7-8,17H2,1-4H3. The summed E-state index contributed by atoms with van der Waals surface area (Å²) in [5.41, 5.74) is 10.1. The Bertz CT molecular complexity index is 564. The fraction of sp³-hybridized carbons (Fsp3) is 0.438. The molecule has 0 amide bonds. The molecule has 0 saturated carbocycles. The zero-order valence-corrected chi connectivity index (χ0v) is 12.2. The summed E-state index contributed by atoms with van der Waals surface area (Å²) in [6, 6.07) is 6.47. The van der Waals surface area contributed by atoms with Crippen LogP contribution < -0.4 is 5.73 Å². The minimum Gasteiger partial charge on any atom is -0.444 e. The molecule has 0 aliphatic carbocycles. The molecule has 0 atom stereocenters. The molecule has 0 fully saturated rings. The van der Waals surface area contributed by atoms with Gasteiger partial charge in [-0.15, -0.1) is 0 Å². The van der Waals surface area contributed by atoms with E-state index in [0.29, 0.717) is 12.4 Å². The Morgan fingerprint density at radius 2 is 2.00 bits per heavy atom. The first kappa shape index (κ1) is 13.8. The van der Waals surface area contributed by atoms with Gasteiger partial charge in [-0.1, -0.05) is 32.9 Å². The van der Waals surface area contributed by atoms with Gasteiger partial charge in [-0.3, -0.25) is 0 Å². The van der Waals surface area contributed by atoms with Crippen molar-refractivity contribution in [2.75, 3.05) is 6.54 Å². The molecule has 2 rings (SSSR count). The third-order valence-electron chi connectivity index (χ3n) is 3.29. The highest BCUT2D eigenvalue weighted by Crippen LogP contribution is 2.29. The van der Waals surface area contributed by atoms with Crippen LogP contribution in [0.3, 0.4) is 0 Å². The van der Waals surface area contributed by atoms with Crippen LogP contribution in [-0.2, 0) is 11.8 Å². The molecule has 19 heavy (non-hydrogen) atoms. The third-order valence-corrected chi connectivity index (χ3v) is 3.29. The summed E-state index contributed by atoms with van der Waals surface area (Å²) < 4.78 is 5.59. The number of aromatic nitrogens is 1. The number of benzene rings is 1. The van der Waals surface area contributed by atoms with Gasteiger partial charge in [0.25, 0.3) is 0 Å². The van der Waals surface area contributed by atoms with Crippen LogP contribution in [-0.4, -0.2) is 11.5 Å². The van der Waals surface area contributed by atoms with E-state index in [4.69, 9.17) is 10.2 Å². The lowest BCUT2D eigenvalue weighted by Crippen LogP contribution is -2.11. The number of hydrogen-bond acceptors (Lipinski definition) is 3. The number of oxazole rings is 1. The van der Waals surface area contributed by atoms with E-state index >= 15 is 0 Å². The molecule has 2 N–H and O–H groups in total. The van der Waals surface area contributed by atoms with Crippen LogP contribution in [0.1, 0.15) is 37.6 Å². The Morgan fingerprint density at radius 3 is 2.63 bits per heavy atom. The normalized spacial score (nSPS) is 11.8. The first-order valence-corrected chi connectivity index (χ1v) is 6.68. The summed E-state index contributed by atoms with van der Waals surface area (Å²) in [4.78, 5) is 4.51. The van der Waals surface area contributed by atoms with Crippen LogP contribution in [0.25, 0.3) is 11.5 Å². The molecule has 0 spiro atoms. The van der Waals surface area contributed by atoms with Crippen LogP contribution in [0.4, 0.5) is 0 Å². The van der Waals surface area contributed by atoms with Crippen molar-refractivity contribution in [3.8, 4) is 11.5 Å². The Morgan fingerprint density at radius 1 is 1.26 bits per heavy atom. The number of rotatable bonds is 3. The summed E-state index contributed by atoms with van der Waals surface area (Å²) in [6.45, 7) is 9.28. The van der Waals surface area contributed by atoms with Crippen LogP contribution >= 0.6 is 0 Å². The SMILES string of the molecule is Cc1ccc(C(C)(C)C)cc1-c1nc(CCN)co1. The van der Waals surface area contributed by atoms with Gasteiger partial charge in [0.1, 0.15) is 6.26 Å². The summed E-state index contributed by atoms with van der Waals surface area (Å²) >= 11 is 0. The molecule has 0 saturated heterocycles. The van der Waals surface area contributed by atoms with Gasteiger partial charge in [0.2, 0.25) is 5.89 Å². The second-order valence-electron chi connectivity index (χ2n) is 5.96. The minimum atomic E-state index is 0.120. The van der Waals surface area contributed by atoms with Crippen molar-refractivity contribution in [2.45, 2.75) is 39.5 Å². The van der Waals surface area contributed by atoms with Gasteiger partial charge < -0.3 is 10.2 Å². The highest BCUT2D eigenvalue weighted by molar-refractivity contribution is 5.60. The Balaban J connectivity index is 2.42. The van der Waals surface area contributed by atoms with E-state index in [9.17, 15) is 0 Å². The lowest BCUT2D eigenvalue weighted by molar-refractivity contribution is 0.569. The smallest absolute Gasteiger partial charge is 0.226 e. The predicted octanol–water partition coefficient (Wildman–Crippen LogP) is 3.45. The molecule has 3 nitrogen and oxygen atoms in total. The van der Waals surface area contributed by atoms with Crippen molar-refractivity contribution in [2.24, 2.45) is 5.73 Å². The number of hydrogen-bond donors (Lipinski definition) is 1. The van der Waals surface area contributed by atoms with Gasteiger partial charge >= 0.3 is 0 Å². The molecule has 0 aliphatic rings.